The number of rotatable bonds is 7. The van der Waals surface area contributed by atoms with Gasteiger partial charge in [-0.05, 0) is 54.8 Å². The second kappa shape index (κ2) is 8.54. The maximum Gasteiger partial charge on any atom is 0.240 e. The molecular formula is C21H24N6O2S2. The van der Waals surface area contributed by atoms with E-state index in [2.05, 4.69) is 47.3 Å². The highest BCUT2D eigenvalue weighted by Gasteiger charge is 2.21. The van der Waals surface area contributed by atoms with Crippen molar-refractivity contribution in [3.63, 3.8) is 0 Å². The summed E-state index contributed by atoms with van der Waals surface area (Å²) in [5, 5.41) is 8.86. The number of H-pyrrole nitrogens is 1. The Kier molecular flexibility index (Phi) is 5.61. The molecule has 0 unspecified atom stereocenters. The molecule has 5 rings (SSSR count). The molecule has 0 bridgehead atoms. The van der Waals surface area contributed by atoms with Gasteiger partial charge in [0, 0.05) is 43.5 Å². The maximum absolute atomic E-state index is 12.6. The smallest absolute Gasteiger partial charge is 0.240 e. The number of fused-ring (bicyclic) bond motifs is 2. The van der Waals surface area contributed by atoms with E-state index in [1.54, 1.807) is 35.9 Å². The van der Waals surface area contributed by atoms with Crippen molar-refractivity contribution >= 4 is 48.4 Å². The Hall–Kier alpha value is -2.53. The first-order chi connectivity index (χ1) is 15.1. The first-order valence-corrected chi connectivity index (χ1v) is 12.6. The predicted octanol–water partition coefficient (Wildman–Crippen LogP) is 2.66. The lowest BCUT2D eigenvalue weighted by molar-refractivity contribution is 0.255. The van der Waals surface area contributed by atoms with Crippen LogP contribution in [0.25, 0.3) is 21.0 Å². The molecule has 0 radical (unpaired) electrons. The highest BCUT2D eigenvalue weighted by molar-refractivity contribution is 7.89. The minimum Gasteiger partial charge on any atom is -0.353 e. The van der Waals surface area contributed by atoms with E-state index in [0.29, 0.717) is 12.1 Å². The Labute approximate surface area is 185 Å². The summed E-state index contributed by atoms with van der Waals surface area (Å²) in [6, 6.07) is 13.3. The Morgan fingerprint density at radius 2 is 1.94 bits per heavy atom. The molecule has 0 amide bonds. The molecule has 0 aliphatic carbocycles. The third-order valence-corrected chi connectivity index (χ3v) is 7.97. The number of sulfonamides is 1. The molecule has 3 heterocycles. The molecule has 162 valence electrons. The predicted molar refractivity (Wildman–Crippen MR) is 124 cm³/mol. The monoisotopic (exact) mass is 456 g/mol. The van der Waals surface area contributed by atoms with Gasteiger partial charge >= 0.3 is 0 Å². The van der Waals surface area contributed by atoms with E-state index in [1.807, 2.05) is 6.07 Å². The summed E-state index contributed by atoms with van der Waals surface area (Å²) in [6.07, 6.45) is 2.45. The summed E-state index contributed by atoms with van der Waals surface area (Å²) in [6.45, 7) is 5.06. The van der Waals surface area contributed by atoms with Crippen molar-refractivity contribution in [1.82, 2.24) is 24.2 Å². The average molecular weight is 457 g/mol. The number of hydrogen-bond donors (Lipinski definition) is 2. The van der Waals surface area contributed by atoms with Gasteiger partial charge < -0.3 is 4.90 Å². The molecule has 0 spiro atoms. The highest BCUT2D eigenvalue weighted by atomic mass is 32.2. The number of aromatic amines is 1. The number of nitrogens with one attached hydrogen (secondary N) is 2. The summed E-state index contributed by atoms with van der Waals surface area (Å²) in [5.74, 6) is 1.09. The molecule has 2 N–H and O–H groups in total. The molecule has 10 heteroatoms. The van der Waals surface area contributed by atoms with Gasteiger partial charge in [0.2, 0.25) is 10.0 Å². The van der Waals surface area contributed by atoms with Gasteiger partial charge in [-0.1, -0.05) is 12.1 Å². The largest absolute Gasteiger partial charge is 0.353 e. The molecular weight excluding hydrogens is 432 g/mol. The first kappa shape index (κ1) is 20.4. The summed E-state index contributed by atoms with van der Waals surface area (Å²) in [5.41, 5.74) is 0.716. The summed E-state index contributed by atoms with van der Waals surface area (Å²) < 4.78 is 33.7. The average Bonchev–Trinajstić information content (AvgIpc) is 3.44. The molecule has 31 heavy (non-hydrogen) atoms. The lowest BCUT2D eigenvalue weighted by atomic mass is 10.2. The van der Waals surface area contributed by atoms with Crippen molar-refractivity contribution in [2.75, 3.05) is 44.2 Å². The van der Waals surface area contributed by atoms with Crippen molar-refractivity contribution in [1.29, 1.82) is 0 Å². The lowest BCUT2D eigenvalue weighted by Gasteiger charge is -2.35. The fraction of sp³-hybridized carbons (Fsp3) is 0.333. The molecule has 1 fully saturated rings. The van der Waals surface area contributed by atoms with Crippen LogP contribution >= 0.6 is 11.5 Å². The standard InChI is InChI=1S/C21H24N6O2S2/c28-31(29,17-7-6-16-15-22-24-19(16)14-17)23-8-3-9-26-10-12-27(13-11-26)21-18-4-1-2-5-20(18)30-25-21/h1-2,4-7,14-15,23H,3,8-13H2,(H,22,24). The van der Waals surface area contributed by atoms with Gasteiger partial charge in [-0.15, -0.1) is 0 Å². The summed E-state index contributed by atoms with van der Waals surface area (Å²) in [7, 11) is -3.52. The van der Waals surface area contributed by atoms with Crippen LogP contribution in [0.3, 0.4) is 0 Å². The van der Waals surface area contributed by atoms with Crippen LogP contribution in [0, 0.1) is 0 Å². The number of nitrogens with zero attached hydrogens (tertiary/aromatic N) is 4. The van der Waals surface area contributed by atoms with E-state index in [1.165, 1.54) is 10.1 Å². The van der Waals surface area contributed by atoms with Crippen LogP contribution in [0.2, 0.25) is 0 Å². The van der Waals surface area contributed by atoms with Gasteiger partial charge in [-0.3, -0.25) is 10.00 Å². The SMILES string of the molecule is O=S(=O)(NCCCN1CCN(c2nsc3ccccc23)CC1)c1ccc2cn[nH]c2c1. The van der Waals surface area contributed by atoms with Crippen molar-refractivity contribution in [2.45, 2.75) is 11.3 Å². The number of anilines is 1. The van der Waals surface area contributed by atoms with Gasteiger partial charge in [-0.2, -0.15) is 9.47 Å². The maximum atomic E-state index is 12.6. The molecule has 2 aromatic carbocycles. The van der Waals surface area contributed by atoms with E-state index >= 15 is 0 Å². The van der Waals surface area contributed by atoms with Crippen LogP contribution in [-0.4, -0.2) is 67.2 Å². The van der Waals surface area contributed by atoms with Crippen molar-refractivity contribution in [3.8, 4) is 0 Å². The molecule has 1 saturated heterocycles. The van der Waals surface area contributed by atoms with Crippen LogP contribution in [0.15, 0.2) is 53.6 Å². The molecule has 8 nitrogen and oxygen atoms in total. The Morgan fingerprint density at radius 3 is 2.81 bits per heavy atom. The van der Waals surface area contributed by atoms with Gasteiger partial charge in [0.1, 0.15) is 5.82 Å². The zero-order valence-electron chi connectivity index (χ0n) is 17.0. The number of benzene rings is 2. The van der Waals surface area contributed by atoms with Crippen LogP contribution < -0.4 is 9.62 Å². The van der Waals surface area contributed by atoms with Gasteiger partial charge in [-0.25, -0.2) is 13.1 Å². The van der Waals surface area contributed by atoms with E-state index in [4.69, 9.17) is 0 Å². The minimum absolute atomic E-state index is 0.258. The fourth-order valence-electron chi connectivity index (χ4n) is 3.96. The first-order valence-electron chi connectivity index (χ1n) is 10.3. The molecule has 4 aromatic rings. The quantitative estimate of drug-likeness (QED) is 0.415. The van der Waals surface area contributed by atoms with Crippen LogP contribution in [0.5, 0.6) is 0 Å². The van der Waals surface area contributed by atoms with Crippen LogP contribution in [-0.2, 0) is 10.0 Å². The third-order valence-electron chi connectivity index (χ3n) is 5.70. The fourth-order valence-corrected chi connectivity index (χ4v) is 5.86. The number of aromatic nitrogens is 3. The zero-order chi connectivity index (χ0) is 21.3. The van der Waals surface area contributed by atoms with E-state index in [9.17, 15) is 8.42 Å². The molecule has 0 saturated carbocycles. The van der Waals surface area contributed by atoms with E-state index in [0.717, 1.165) is 50.3 Å². The van der Waals surface area contributed by atoms with Gasteiger partial charge in [0.25, 0.3) is 0 Å². The minimum atomic E-state index is -3.52. The Balaban J connectivity index is 1.10. The van der Waals surface area contributed by atoms with Gasteiger partial charge in [0.15, 0.2) is 0 Å². The Morgan fingerprint density at radius 1 is 1.10 bits per heavy atom. The molecule has 2 aromatic heterocycles. The van der Waals surface area contributed by atoms with E-state index in [-0.39, 0.29) is 4.90 Å². The normalized spacial score (nSPS) is 15.8. The summed E-state index contributed by atoms with van der Waals surface area (Å²) in [4.78, 5) is 4.99. The number of piperazine rings is 1. The second-order valence-electron chi connectivity index (χ2n) is 7.70. The second-order valence-corrected chi connectivity index (χ2v) is 10.3. The third kappa shape index (κ3) is 4.29. The van der Waals surface area contributed by atoms with Crippen LogP contribution in [0.4, 0.5) is 5.82 Å². The Bertz CT molecular complexity index is 1290. The summed E-state index contributed by atoms with van der Waals surface area (Å²) >= 11 is 1.55. The van der Waals surface area contributed by atoms with Crippen molar-refractivity contribution < 1.29 is 8.42 Å². The molecule has 1 aliphatic rings. The topological polar surface area (TPSA) is 94.2 Å². The zero-order valence-corrected chi connectivity index (χ0v) is 18.6. The molecule has 0 atom stereocenters. The van der Waals surface area contributed by atoms with Crippen molar-refractivity contribution in [2.24, 2.45) is 0 Å². The lowest BCUT2D eigenvalue weighted by Crippen LogP contribution is -2.47. The molecule has 1 aliphatic heterocycles. The van der Waals surface area contributed by atoms with Crippen molar-refractivity contribution in [3.05, 3.63) is 48.7 Å². The number of hydrogen-bond acceptors (Lipinski definition) is 7. The van der Waals surface area contributed by atoms with Crippen LogP contribution in [0.1, 0.15) is 6.42 Å². The highest BCUT2D eigenvalue weighted by Crippen LogP contribution is 2.29. The van der Waals surface area contributed by atoms with Gasteiger partial charge in [0.05, 0.1) is 21.3 Å². The van der Waals surface area contributed by atoms with E-state index < -0.39 is 10.0 Å².